The van der Waals surface area contributed by atoms with Crippen LogP contribution in [0.3, 0.4) is 0 Å². The van der Waals surface area contributed by atoms with E-state index < -0.39 is 6.10 Å². The van der Waals surface area contributed by atoms with Gasteiger partial charge < -0.3 is 4.74 Å². The summed E-state index contributed by atoms with van der Waals surface area (Å²) in [6.07, 6.45) is 5.91. The molecule has 0 aromatic rings. The molecule has 3 heteroatoms. The zero-order valence-corrected chi connectivity index (χ0v) is 12.7. The monoisotopic (exact) mass is 276 g/mol. The van der Waals surface area contributed by atoms with Crippen LogP contribution in [0, 0.1) is 5.41 Å². The van der Waals surface area contributed by atoms with Gasteiger partial charge in [0.1, 0.15) is 6.10 Å². The molecular weight excluding hydrogens is 252 g/mol. The third-order valence-corrected chi connectivity index (χ3v) is 3.76. The van der Waals surface area contributed by atoms with Crippen LogP contribution in [-0.4, -0.2) is 17.9 Å². The molecule has 20 heavy (non-hydrogen) atoms. The second-order valence-corrected chi connectivity index (χ2v) is 6.02. The molecule has 0 bridgehead atoms. The van der Waals surface area contributed by atoms with Crippen molar-refractivity contribution < 1.29 is 14.3 Å². The lowest BCUT2D eigenvalue weighted by Crippen LogP contribution is -2.33. The second kappa shape index (κ2) is 6.69. The fourth-order valence-electron chi connectivity index (χ4n) is 1.98. The minimum absolute atomic E-state index is 0.0499. The number of Topliss-reactive ketones (excluding diaryl/α,β-unsaturated/α-hetero) is 1. The first-order valence-corrected chi connectivity index (χ1v) is 6.99. The Kier molecular flexibility index (Phi) is 5.49. The summed E-state index contributed by atoms with van der Waals surface area (Å²) in [6.45, 7) is 13.1. The molecule has 0 saturated carbocycles. The van der Waals surface area contributed by atoms with E-state index in [9.17, 15) is 9.59 Å². The van der Waals surface area contributed by atoms with Crippen LogP contribution < -0.4 is 0 Å². The summed E-state index contributed by atoms with van der Waals surface area (Å²) in [5, 5.41) is 0. The van der Waals surface area contributed by atoms with Gasteiger partial charge in [0.15, 0.2) is 5.78 Å². The molecular formula is C17H24O3. The summed E-state index contributed by atoms with van der Waals surface area (Å²) >= 11 is 0. The van der Waals surface area contributed by atoms with Crippen molar-refractivity contribution in [3.63, 3.8) is 0 Å². The van der Waals surface area contributed by atoms with E-state index in [-0.39, 0.29) is 17.2 Å². The van der Waals surface area contributed by atoms with Crippen LogP contribution in [0.15, 0.2) is 36.5 Å². The Labute approximate surface area is 121 Å². The Bertz CT molecular complexity index is 455. The van der Waals surface area contributed by atoms with E-state index in [0.29, 0.717) is 18.4 Å². The molecule has 0 spiro atoms. The minimum atomic E-state index is -0.394. The molecule has 110 valence electrons. The van der Waals surface area contributed by atoms with Crippen LogP contribution in [0.1, 0.15) is 46.5 Å². The molecule has 0 heterocycles. The Morgan fingerprint density at radius 2 is 2.10 bits per heavy atom. The van der Waals surface area contributed by atoms with Crippen molar-refractivity contribution in [2.45, 2.75) is 52.6 Å². The molecule has 0 N–H and O–H groups in total. The van der Waals surface area contributed by atoms with E-state index in [2.05, 4.69) is 13.2 Å². The normalized spacial score (nSPS) is 15.7. The van der Waals surface area contributed by atoms with Gasteiger partial charge in [-0.25, -0.2) is 4.79 Å². The number of allylic oxidation sites excluding steroid dienone is 2. The maximum atomic E-state index is 11.9. The van der Waals surface area contributed by atoms with Gasteiger partial charge in [-0.3, -0.25) is 4.79 Å². The highest BCUT2D eigenvalue weighted by Gasteiger charge is 2.32. The molecule has 0 fully saturated rings. The van der Waals surface area contributed by atoms with Gasteiger partial charge in [0.2, 0.25) is 0 Å². The summed E-state index contributed by atoms with van der Waals surface area (Å²) in [6, 6.07) is 0. The summed E-state index contributed by atoms with van der Waals surface area (Å²) < 4.78 is 5.50. The molecule has 0 amide bonds. The van der Waals surface area contributed by atoms with E-state index in [1.54, 1.807) is 13.0 Å². The fraction of sp³-hybridized carbons (Fsp3) is 0.529. The lowest BCUT2D eigenvalue weighted by atomic mass is 9.80. The largest absolute Gasteiger partial charge is 0.454 e. The molecule has 0 aromatic heterocycles. The average Bonchev–Trinajstić information content (AvgIpc) is 2.30. The predicted molar refractivity (Wildman–Crippen MR) is 80.2 cm³/mol. The molecule has 1 aliphatic carbocycles. The number of ether oxygens (including phenoxy) is 1. The van der Waals surface area contributed by atoms with E-state index in [1.807, 2.05) is 19.9 Å². The smallest absolute Gasteiger partial charge is 0.334 e. The number of esters is 1. The molecule has 1 rings (SSSR count). The number of rotatable bonds is 8. The third kappa shape index (κ3) is 4.19. The Hall–Kier alpha value is -1.64. The van der Waals surface area contributed by atoms with Crippen molar-refractivity contribution in [3.8, 4) is 0 Å². The quantitative estimate of drug-likeness (QED) is 0.385. The molecule has 0 radical (unpaired) electrons. The van der Waals surface area contributed by atoms with Crippen molar-refractivity contribution in [2.24, 2.45) is 5.41 Å². The molecule has 1 atom stereocenters. The van der Waals surface area contributed by atoms with Crippen molar-refractivity contribution in [1.29, 1.82) is 0 Å². The zero-order valence-electron chi connectivity index (χ0n) is 12.7. The van der Waals surface area contributed by atoms with Crippen LogP contribution >= 0.6 is 0 Å². The summed E-state index contributed by atoms with van der Waals surface area (Å²) in [5.74, 6) is -0.214. The molecule has 0 saturated heterocycles. The average molecular weight is 276 g/mol. The maximum absolute atomic E-state index is 11.9. The van der Waals surface area contributed by atoms with Gasteiger partial charge in [-0.05, 0) is 31.8 Å². The van der Waals surface area contributed by atoms with E-state index in [4.69, 9.17) is 4.74 Å². The van der Waals surface area contributed by atoms with Gasteiger partial charge in [-0.1, -0.05) is 39.2 Å². The summed E-state index contributed by atoms with van der Waals surface area (Å²) in [4.78, 5) is 23.5. The molecule has 1 aliphatic rings. The molecule has 0 unspecified atom stereocenters. The summed E-state index contributed by atoms with van der Waals surface area (Å²) in [7, 11) is 0. The Balaban J connectivity index is 2.61. The van der Waals surface area contributed by atoms with Gasteiger partial charge in [-0.2, -0.15) is 0 Å². The van der Waals surface area contributed by atoms with Gasteiger partial charge in [-0.15, -0.1) is 0 Å². The van der Waals surface area contributed by atoms with Crippen molar-refractivity contribution in [2.75, 3.05) is 0 Å². The first-order chi connectivity index (χ1) is 9.27. The minimum Gasteiger partial charge on any atom is -0.454 e. The molecule has 0 aromatic carbocycles. The van der Waals surface area contributed by atoms with Gasteiger partial charge >= 0.3 is 5.97 Å². The Morgan fingerprint density at radius 1 is 1.50 bits per heavy atom. The van der Waals surface area contributed by atoms with Crippen LogP contribution in [0.2, 0.25) is 0 Å². The highest BCUT2D eigenvalue weighted by Crippen LogP contribution is 2.32. The summed E-state index contributed by atoms with van der Waals surface area (Å²) in [5.41, 5.74) is 0.977. The van der Waals surface area contributed by atoms with Crippen LogP contribution in [0.5, 0.6) is 0 Å². The van der Waals surface area contributed by atoms with E-state index >= 15 is 0 Å². The first kappa shape index (κ1) is 16.4. The van der Waals surface area contributed by atoms with Gasteiger partial charge in [0, 0.05) is 17.4 Å². The SMILES string of the molecule is C=C[C@H](OC(=O)C1=CCC1)C(C)(C)CCC(=O)C(=C)C. The lowest BCUT2D eigenvalue weighted by molar-refractivity contribution is -0.147. The van der Waals surface area contributed by atoms with Crippen LogP contribution in [-0.2, 0) is 14.3 Å². The lowest BCUT2D eigenvalue weighted by Gasteiger charge is -2.32. The first-order valence-electron chi connectivity index (χ1n) is 6.99. The van der Waals surface area contributed by atoms with Crippen LogP contribution in [0.25, 0.3) is 0 Å². The predicted octanol–water partition coefficient (Wildman–Crippen LogP) is 3.76. The van der Waals surface area contributed by atoms with Gasteiger partial charge in [0.25, 0.3) is 0 Å². The van der Waals surface area contributed by atoms with Crippen molar-refractivity contribution in [3.05, 3.63) is 36.5 Å². The highest BCUT2D eigenvalue weighted by molar-refractivity contribution is 5.94. The topological polar surface area (TPSA) is 43.4 Å². The highest BCUT2D eigenvalue weighted by atomic mass is 16.5. The Morgan fingerprint density at radius 3 is 2.50 bits per heavy atom. The number of carbonyl (C=O) groups is 2. The van der Waals surface area contributed by atoms with E-state index in [0.717, 1.165) is 18.4 Å². The van der Waals surface area contributed by atoms with Gasteiger partial charge in [0.05, 0.1) is 0 Å². The molecule has 0 aliphatic heterocycles. The fourth-order valence-corrected chi connectivity index (χ4v) is 1.98. The zero-order chi connectivity index (χ0) is 15.3. The standard InChI is InChI=1S/C17H24O3/c1-6-15(20-16(19)13-8-7-9-13)17(4,5)11-10-14(18)12(2)3/h6,8,15H,1-2,7,9-11H2,3-5H3/t15-/m0/s1. The van der Waals surface area contributed by atoms with E-state index in [1.165, 1.54) is 0 Å². The third-order valence-electron chi connectivity index (χ3n) is 3.76. The molecule has 3 nitrogen and oxygen atoms in total. The van der Waals surface area contributed by atoms with Crippen LogP contribution in [0.4, 0.5) is 0 Å². The maximum Gasteiger partial charge on any atom is 0.334 e. The van der Waals surface area contributed by atoms with Crippen molar-refractivity contribution >= 4 is 11.8 Å². The van der Waals surface area contributed by atoms with Crippen molar-refractivity contribution in [1.82, 2.24) is 0 Å². The second-order valence-electron chi connectivity index (χ2n) is 6.02. The number of hydrogen-bond acceptors (Lipinski definition) is 3. The number of ketones is 1. The number of carbonyl (C=O) groups excluding carboxylic acids is 2. The number of hydrogen-bond donors (Lipinski definition) is 0.